The molecule has 1 aliphatic rings. The van der Waals surface area contributed by atoms with Crippen LogP contribution in [-0.2, 0) is 29.0 Å². The van der Waals surface area contributed by atoms with E-state index >= 15 is 0 Å². The second-order valence-electron chi connectivity index (χ2n) is 7.60. The number of rotatable bonds is 8. The predicted molar refractivity (Wildman–Crippen MR) is 131 cm³/mol. The minimum atomic E-state index is -0.500. The number of thioether (sulfide) groups is 1. The Bertz CT molecular complexity index is 1240. The van der Waals surface area contributed by atoms with Gasteiger partial charge in [-0.05, 0) is 29.1 Å². The number of methoxy groups -OCH3 is 2. The molecule has 1 amide bonds. The summed E-state index contributed by atoms with van der Waals surface area (Å²) in [5.74, 6) is 0.0486. The lowest BCUT2D eigenvalue weighted by Crippen LogP contribution is -2.35. The van der Waals surface area contributed by atoms with Gasteiger partial charge in [0.1, 0.15) is 10.6 Å². The zero-order valence-corrected chi connectivity index (χ0v) is 20.4. The predicted octanol–water partition coefficient (Wildman–Crippen LogP) is 2.92. The van der Waals surface area contributed by atoms with Crippen molar-refractivity contribution in [3.63, 3.8) is 0 Å². The van der Waals surface area contributed by atoms with Crippen molar-refractivity contribution in [1.29, 1.82) is 0 Å². The molecule has 9 nitrogen and oxygen atoms in total. The fourth-order valence-corrected chi connectivity index (χ4v) is 5.07. The number of thiophene rings is 1. The van der Waals surface area contributed by atoms with Crippen LogP contribution in [0, 0.1) is 0 Å². The zero-order chi connectivity index (χ0) is 24.1. The largest absolute Gasteiger partial charge is 0.497 e. The summed E-state index contributed by atoms with van der Waals surface area (Å²) in [6.45, 7) is 2.04. The average molecular weight is 501 g/mol. The van der Waals surface area contributed by atoms with Crippen LogP contribution >= 0.6 is 23.1 Å². The summed E-state index contributed by atoms with van der Waals surface area (Å²) >= 11 is 2.34. The molecule has 11 heteroatoms. The Balaban J connectivity index is 1.35. The fourth-order valence-electron chi connectivity index (χ4n) is 3.63. The van der Waals surface area contributed by atoms with E-state index in [1.165, 1.54) is 18.4 Å². The van der Waals surface area contributed by atoms with E-state index in [9.17, 15) is 14.4 Å². The molecule has 0 atom stereocenters. The first-order valence-corrected chi connectivity index (χ1v) is 12.4. The summed E-state index contributed by atoms with van der Waals surface area (Å²) in [7, 11) is 2.93. The molecule has 178 valence electrons. The van der Waals surface area contributed by atoms with Crippen molar-refractivity contribution >= 4 is 40.7 Å². The van der Waals surface area contributed by atoms with E-state index in [1.54, 1.807) is 18.6 Å². The third-order valence-electron chi connectivity index (χ3n) is 5.34. The SMILES string of the molecule is COC(=O)c1sccc1NC(=O)CSc1nc2c(c(=O)[nH]1)CN(Cc1ccc(OC)cc1)CC2. The lowest BCUT2D eigenvalue weighted by molar-refractivity contribution is -0.113. The van der Waals surface area contributed by atoms with Crippen LogP contribution in [0.1, 0.15) is 26.5 Å². The van der Waals surface area contributed by atoms with Crippen molar-refractivity contribution in [1.82, 2.24) is 14.9 Å². The standard InChI is InChI=1S/C23H24N4O5S2/c1-31-15-5-3-14(4-6-15)11-27-9-7-17-16(12-27)21(29)26-23(25-17)34-13-19(28)24-18-8-10-33-20(18)22(30)32-2/h3-6,8,10H,7,9,11-13H2,1-2H3,(H,24,28)(H,25,26,29). The van der Waals surface area contributed by atoms with Gasteiger partial charge in [0.25, 0.3) is 5.56 Å². The van der Waals surface area contributed by atoms with E-state index < -0.39 is 5.97 Å². The van der Waals surface area contributed by atoms with Gasteiger partial charge in [0, 0.05) is 26.1 Å². The molecule has 34 heavy (non-hydrogen) atoms. The van der Waals surface area contributed by atoms with Crippen LogP contribution in [0.15, 0.2) is 45.7 Å². The lowest BCUT2D eigenvalue weighted by atomic mass is 10.1. The third kappa shape index (κ3) is 5.66. The number of nitrogens with zero attached hydrogens (tertiary/aromatic N) is 2. The Kier molecular flexibility index (Phi) is 7.66. The number of nitrogens with one attached hydrogen (secondary N) is 2. The molecule has 0 spiro atoms. The van der Waals surface area contributed by atoms with Gasteiger partial charge in [0.05, 0.1) is 36.9 Å². The summed E-state index contributed by atoms with van der Waals surface area (Å²) in [6.07, 6.45) is 0.659. The number of aromatic nitrogens is 2. The summed E-state index contributed by atoms with van der Waals surface area (Å²) in [6, 6.07) is 9.54. The summed E-state index contributed by atoms with van der Waals surface area (Å²) < 4.78 is 9.92. The summed E-state index contributed by atoms with van der Waals surface area (Å²) in [5, 5.41) is 4.81. The maximum atomic E-state index is 12.7. The Morgan fingerprint density at radius 1 is 1.24 bits per heavy atom. The molecule has 0 fully saturated rings. The van der Waals surface area contributed by atoms with Crippen molar-refractivity contribution in [3.05, 3.63) is 67.8 Å². The number of amides is 1. The average Bonchev–Trinajstić information content (AvgIpc) is 3.31. The Morgan fingerprint density at radius 2 is 2.03 bits per heavy atom. The molecule has 0 aliphatic carbocycles. The molecule has 3 heterocycles. The van der Waals surface area contributed by atoms with Gasteiger partial charge in [-0.1, -0.05) is 23.9 Å². The van der Waals surface area contributed by atoms with Crippen molar-refractivity contribution in [2.45, 2.75) is 24.7 Å². The molecule has 1 aromatic carbocycles. The molecule has 3 aromatic rings. The van der Waals surface area contributed by atoms with Gasteiger partial charge < -0.3 is 19.8 Å². The van der Waals surface area contributed by atoms with E-state index in [0.717, 1.165) is 41.9 Å². The van der Waals surface area contributed by atoms with Gasteiger partial charge >= 0.3 is 5.97 Å². The molecule has 0 saturated heterocycles. The molecule has 0 radical (unpaired) electrons. The van der Waals surface area contributed by atoms with Crippen molar-refractivity contribution in [2.24, 2.45) is 0 Å². The van der Waals surface area contributed by atoms with Crippen LogP contribution < -0.4 is 15.6 Å². The quantitative estimate of drug-likeness (QED) is 0.276. The topological polar surface area (TPSA) is 114 Å². The second-order valence-corrected chi connectivity index (χ2v) is 9.48. The third-order valence-corrected chi connectivity index (χ3v) is 7.11. The van der Waals surface area contributed by atoms with Gasteiger partial charge in [-0.2, -0.15) is 0 Å². The molecule has 0 bridgehead atoms. The highest BCUT2D eigenvalue weighted by Crippen LogP contribution is 2.24. The van der Waals surface area contributed by atoms with Crippen LogP contribution in [-0.4, -0.2) is 53.3 Å². The number of anilines is 1. The molecule has 2 aromatic heterocycles. The van der Waals surface area contributed by atoms with Crippen LogP contribution in [0.3, 0.4) is 0 Å². The fraction of sp³-hybridized carbons (Fsp3) is 0.304. The van der Waals surface area contributed by atoms with E-state index in [-0.39, 0.29) is 17.2 Å². The number of hydrogen-bond acceptors (Lipinski definition) is 9. The molecular weight excluding hydrogens is 476 g/mol. The van der Waals surface area contributed by atoms with Gasteiger partial charge in [-0.25, -0.2) is 9.78 Å². The van der Waals surface area contributed by atoms with Crippen LogP contribution in [0.4, 0.5) is 5.69 Å². The maximum Gasteiger partial charge on any atom is 0.350 e. The van der Waals surface area contributed by atoms with Gasteiger partial charge in [0.15, 0.2) is 5.16 Å². The van der Waals surface area contributed by atoms with E-state index in [4.69, 9.17) is 9.47 Å². The van der Waals surface area contributed by atoms with E-state index in [2.05, 4.69) is 20.2 Å². The Hall–Kier alpha value is -3.15. The number of carbonyl (C=O) groups excluding carboxylic acids is 2. The Morgan fingerprint density at radius 3 is 2.76 bits per heavy atom. The minimum Gasteiger partial charge on any atom is -0.497 e. The highest BCUT2D eigenvalue weighted by Gasteiger charge is 2.22. The van der Waals surface area contributed by atoms with Gasteiger partial charge in [-0.3, -0.25) is 14.5 Å². The first-order chi connectivity index (χ1) is 16.5. The molecular formula is C23H24N4O5S2. The molecule has 0 saturated carbocycles. The second kappa shape index (κ2) is 10.9. The van der Waals surface area contributed by atoms with Crippen LogP contribution in [0.5, 0.6) is 5.75 Å². The van der Waals surface area contributed by atoms with E-state index in [1.807, 2.05) is 24.3 Å². The van der Waals surface area contributed by atoms with Gasteiger partial charge in [-0.15, -0.1) is 11.3 Å². The summed E-state index contributed by atoms with van der Waals surface area (Å²) in [5.41, 5.74) is 2.80. The highest BCUT2D eigenvalue weighted by atomic mass is 32.2. The smallest absolute Gasteiger partial charge is 0.350 e. The number of esters is 1. The molecule has 2 N–H and O–H groups in total. The first-order valence-electron chi connectivity index (χ1n) is 10.5. The zero-order valence-electron chi connectivity index (χ0n) is 18.8. The number of ether oxygens (including phenoxy) is 2. The Labute approximate surface area is 204 Å². The monoisotopic (exact) mass is 500 g/mol. The molecule has 1 aliphatic heterocycles. The maximum absolute atomic E-state index is 12.7. The first kappa shape index (κ1) is 24.0. The van der Waals surface area contributed by atoms with Crippen molar-refractivity contribution in [3.8, 4) is 5.75 Å². The lowest BCUT2D eigenvalue weighted by Gasteiger charge is -2.27. The highest BCUT2D eigenvalue weighted by molar-refractivity contribution is 7.99. The number of benzene rings is 1. The molecule has 0 unspecified atom stereocenters. The number of hydrogen-bond donors (Lipinski definition) is 2. The van der Waals surface area contributed by atoms with Crippen LogP contribution in [0.2, 0.25) is 0 Å². The normalized spacial score (nSPS) is 13.2. The summed E-state index contributed by atoms with van der Waals surface area (Å²) in [4.78, 5) is 46.7. The van der Waals surface area contributed by atoms with Crippen molar-refractivity contribution in [2.75, 3.05) is 31.8 Å². The van der Waals surface area contributed by atoms with Gasteiger partial charge in [0.2, 0.25) is 5.91 Å². The number of H-pyrrole nitrogens is 1. The molecule has 4 rings (SSSR count). The number of carbonyl (C=O) groups is 2. The minimum absolute atomic E-state index is 0.0434. The van der Waals surface area contributed by atoms with Crippen LogP contribution in [0.25, 0.3) is 0 Å². The number of aromatic amines is 1. The number of fused-ring (bicyclic) bond motifs is 1. The van der Waals surface area contributed by atoms with E-state index in [0.29, 0.717) is 34.2 Å². The van der Waals surface area contributed by atoms with Crippen molar-refractivity contribution < 1.29 is 19.1 Å².